The lowest BCUT2D eigenvalue weighted by atomic mass is 10.0. The summed E-state index contributed by atoms with van der Waals surface area (Å²) >= 11 is 0. The van der Waals surface area contributed by atoms with Gasteiger partial charge in [0.15, 0.2) is 0 Å². The Labute approximate surface area is 152 Å². The Morgan fingerprint density at radius 1 is 0.808 bits per heavy atom. The van der Waals surface area contributed by atoms with E-state index in [4.69, 9.17) is 5.73 Å². The summed E-state index contributed by atoms with van der Waals surface area (Å²) in [5.41, 5.74) is 9.09. The van der Waals surface area contributed by atoms with E-state index in [0.29, 0.717) is 5.69 Å². The largest absolute Gasteiger partial charge is 0.366 e. The fraction of sp³-hybridized carbons (Fsp3) is 0. The van der Waals surface area contributed by atoms with Gasteiger partial charge in [-0.1, -0.05) is 60.7 Å². The van der Waals surface area contributed by atoms with E-state index in [1.54, 1.807) is 30.3 Å². The Kier molecular flexibility index (Phi) is 5.25. The second kappa shape index (κ2) is 7.94. The van der Waals surface area contributed by atoms with Crippen molar-refractivity contribution < 1.29 is 9.59 Å². The molecule has 0 atom stereocenters. The second-order valence-corrected chi connectivity index (χ2v) is 5.72. The number of primary amides is 1. The molecule has 128 valence electrons. The third-order valence-electron chi connectivity index (χ3n) is 3.87. The van der Waals surface area contributed by atoms with Crippen molar-refractivity contribution in [3.8, 4) is 11.1 Å². The Balaban J connectivity index is 1.74. The summed E-state index contributed by atoms with van der Waals surface area (Å²) in [5, 5.41) is 2.68. The molecule has 0 aliphatic carbocycles. The maximum Gasteiger partial charge on any atom is 0.250 e. The molecule has 0 fully saturated rings. The van der Waals surface area contributed by atoms with Gasteiger partial charge in [0.05, 0.1) is 11.3 Å². The van der Waals surface area contributed by atoms with Gasteiger partial charge < -0.3 is 11.1 Å². The van der Waals surface area contributed by atoms with Gasteiger partial charge in [-0.05, 0) is 41.0 Å². The molecule has 0 unspecified atom stereocenters. The van der Waals surface area contributed by atoms with Gasteiger partial charge >= 0.3 is 0 Å². The number of para-hydroxylation sites is 1. The first-order valence-electron chi connectivity index (χ1n) is 8.17. The zero-order valence-electron chi connectivity index (χ0n) is 14.1. The first-order chi connectivity index (χ1) is 12.6. The lowest BCUT2D eigenvalue weighted by Crippen LogP contribution is -2.16. The van der Waals surface area contributed by atoms with Crippen molar-refractivity contribution in [3.05, 3.63) is 96.1 Å². The van der Waals surface area contributed by atoms with Crippen molar-refractivity contribution in [2.75, 3.05) is 5.32 Å². The monoisotopic (exact) mass is 342 g/mol. The second-order valence-electron chi connectivity index (χ2n) is 5.72. The smallest absolute Gasteiger partial charge is 0.250 e. The average molecular weight is 342 g/mol. The highest BCUT2D eigenvalue weighted by Gasteiger charge is 2.08. The fourth-order valence-electron chi connectivity index (χ4n) is 2.61. The van der Waals surface area contributed by atoms with Crippen molar-refractivity contribution in [3.63, 3.8) is 0 Å². The fourth-order valence-corrected chi connectivity index (χ4v) is 2.61. The van der Waals surface area contributed by atoms with Crippen molar-refractivity contribution in [1.29, 1.82) is 0 Å². The molecule has 0 aromatic heterocycles. The molecule has 0 spiro atoms. The van der Waals surface area contributed by atoms with E-state index >= 15 is 0 Å². The third kappa shape index (κ3) is 4.24. The number of anilines is 1. The van der Waals surface area contributed by atoms with Gasteiger partial charge in [0, 0.05) is 6.08 Å². The molecular formula is C22H18N2O2. The quantitative estimate of drug-likeness (QED) is 0.685. The molecule has 4 nitrogen and oxygen atoms in total. The molecule has 0 heterocycles. The molecule has 0 saturated carbocycles. The molecule has 3 aromatic carbocycles. The maximum atomic E-state index is 12.2. The predicted molar refractivity (Wildman–Crippen MR) is 105 cm³/mol. The summed E-state index contributed by atoms with van der Waals surface area (Å²) in [6.45, 7) is 0. The number of nitrogens with two attached hydrogens (primary N) is 1. The van der Waals surface area contributed by atoms with Gasteiger partial charge in [-0.3, -0.25) is 9.59 Å². The minimum atomic E-state index is -0.583. The molecule has 0 saturated heterocycles. The van der Waals surface area contributed by atoms with E-state index < -0.39 is 5.91 Å². The van der Waals surface area contributed by atoms with Crippen molar-refractivity contribution in [2.24, 2.45) is 5.73 Å². The van der Waals surface area contributed by atoms with Crippen molar-refractivity contribution >= 4 is 23.6 Å². The van der Waals surface area contributed by atoms with E-state index in [0.717, 1.165) is 16.7 Å². The molecule has 0 aliphatic heterocycles. The zero-order valence-corrected chi connectivity index (χ0v) is 14.1. The molecule has 0 radical (unpaired) electrons. The highest BCUT2D eigenvalue weighted by molar-refractivity contribution is 6.07. The number of carbonyl (C=O) groups excluding carboxylic acids is 2. The van der Waals surface area contributed by atoms with Crippen LogP contribution in [-0.4, -0.2) is 11.8 Å². The highest BCUT2D eigenvalue weighted by Crippen LogP contribution is 2.20. The Bertz CT molecular complexity index is 963. The van der Waals surface area contributed by atoms with Crippen LogP contribution >= 0.6 is 0 Å². The van der Waals surface area contributed by atoms with Gasteiger partial charge in [-0.15, -0.1) is 0 Å². The summed E-state index contributed by atoms with van der Waals surface area (Å²) in [6, 6.07) is 24.6. The summed E-state index contributed by atoms with van der Waals surface area (Å²) < 4.78 is 0. The van der Waals surface area contributed by atoms with E-state index in [1.165, 1.54) is 6.08 Å². The normalized spacial score (nSPS) is 10.6. The molecular weight excluding hydrogens is 324 g/mol. The minimum absolute atomic E-state index is 0.278. The van der Waals surface area contributed by atoms with Crippen LogP contribution in [0.2, 0.25) is 0 Å². The van der Waals surface area contributed by atoms with Gasteiger partial charge in [-0.2, -0.15) is 0 Å². The molecule has 26 heavy (non-hydrogen) atoms. The van der Waals surface area contributed by atoms with Crippen LogP contribution in [0.5, 0.6) is 0 Å². The van der Waals surface area contributed by atoms with E-state index in [-0.39, 0.29) is 11.5 Å². The Morgan fingerprint density at radius 2 is 1.50 bits per heavy atom. The maximum absolute atomic E-state index is 12.2. The molecule has 2 amide bonds. The molecule has 4 heteroatoms. The van der Waals surface area contributed by atoms with Crippen LogP contribution in [0.1, 0.15) is 15.9 Å². The highest BCUT2D eigenvalue weighted by atomic mass is 16.2. The summed E-state index contributed by atoms with van der Waals surface area (Å²) in [7, 11) is 0. The third-order valence-corrected chi connectivity index (χ3v) is 3.87. The first kappa shape index (κ1) is 17.2. The van der Waals surface area contributed by atoms with E-state index in [9.17, 15) is 9.59 Å². The molecule has 0 aliphatic rings. The SMILES string of the molecule is NC(=O)c1ccccc1NC(=O)/C=C\c1cccc(-c2ccccc2)c1. The van der Waals surface area contributed by atoms with Crippen LogP contribution in [0.3, 0.4) is 0 Å². The number of hydrogen-bond donors (Lipinski definition) is 2. The molecule has 3 aromatic rings. The van der Waals surface area contributed by atoms with Gasteiger partial charge in [0.1, 0.15) is 0 Å². The molecule has 0 bridgehead atoms. The predicted octanol–water partition coefficient (Wildman–Crippen LogP) is 4.10. The number of amides is 2. The number of rotatable bonds is 5. The summed E-state index contributed by atoms with van der Waals surface area (Å²) in [4.78, 5) is 23.6. The van der Waals surface area contributed by atoms with Crippen LogP contribution < -0.4 is 11.1 Å². The minimum Gasteiger partial charge on any atom is -0.366 e. The lowest BCUT2D eigenvalue weighted by Gasteiger charge is -2.06. The van der Waals surface area contributed by atoms with Crippen molar-refractivity contribution in [2.45, 2.75) is 0 Å². The van der Waals surface area contributed by atoms with Gasteiger partial charge in [0.25, 0.3) is 5.91 Å². The lowest BCUT2D eigenvalue weighted by molar-refractivity contribution is -0.111. The van der Waals surface area contributed by atoms with Crippen LogP contribution in [-0.2, 0) is 4.79 Å². The first-order valence-corrected chi connectivity index (χ1v) is 8.17. The van der Waals surface area contributed by atoms with Gasteiger partial charge in [0.2, 0.25) is 5.91 Å². The molecule has 3 N–H and O–H groups in total. The Hall–Kier alpha value is -3.66. The van der Waals surface area contributed by atoms with Crippen LogP contribution in [0.4, 0.5) is 5.69 Å². The number of hydrogen-bond acceptors (Lipinski definition) is 2. The average Bonchev–Trinajstić information content (AvgIpc) is 2.67. The Morgan fingerprint density at radius 3 is 2.27 bits per heavy atom. The van der Waals surface area contributed by atoms with Crippen molar-refractivity contribution in [1.82, 2.24) is 0 Å². The molecule has 3 rings (SSSR count). The topological polar surface area (TPSA) is 72.2 Å². The standard InChI is InChI=1S/C22H18N2O2/c23-22(26)19-11-4-5-12-20(19)24-21(25)14-13-16-7-6-10-18(15-16)17-8-2-1-3-9-17/h1-15H,(H2,23,26)(H,24,25)/b14-13-. The number of carbonyl (C=O) groups is 2. The van der Waals surface area contributed by atoms with Crippen LogP contribution in [0, 0.1) is 0 Å². The van der Waals surface area contributed by atoms with Gasteiger partial charge in [-0.25, -0.2) is 0 Å². The zero-order chi connectivity index (χ0) is 18.4. The van der Waals surface area contributed by atoms with Crippen LogP contribution in [0.25, 0.3) is 17.2 Å². The summed E-state index contributed by atoms with van der Waals surface area (Å²) in [5.74, 6) is -0.913. The number of benzene rings is 3. The van der Waals surface area contributed by atoms with E-state index in [1.807, 2.05) is 54.6 Å². The summed E-state index contributed by atoms with van der Waals surface area (Å²) in [6.07, 6.45) is 3.16. The van der Waals surface area contributed by atoms with Crippen LogP contribution in [0.15, 0.2) is 84.9 Å². The number of nitrogens with one attached hydrogen (secondary N) is 1. The van der Waals surface area contributed by atoms with E-state index in [2.05, 4.69) is 5.32 Å².